The lowest BCUT2D eigenvalue weighted by Gasteiger charge is -2.11. The molecule has 0 aliphatic rings. The van der Waals surface area contributed by atoms with Crippen LogP contribution in [0.25, 0.3) is 0 Å². The van der Waals surface area contributed by atoms with E-state index in [1.807, 2.05) is 30.3 Å². The van der Waals surface area contributed by atoms with Crippen molar-refractivity contribution in [3.8, 4) is 5.75 Å². The molecule has 2 rings (SSSR count). The smallest absolute Gasteiger partial charge is 0.336 e. The molecule has 0 aliphatic carbocycles. The molecule has 1 amide bonds. The molecule has 0 atom stereocenters. The first-order valence-corrected chi connectivity index (χ1v) is 6.88. The standard InChI is InChI=1S/C17H17NO4/c1-12-14(17(20)21)8-5-9-15(12)18-16(19)10-11-22-13-6-3-2-4-7-13/h2-9H,10-11H2,1H3,(H,18,19)(H,20,21). The second kappa shape index (κ2) is 7.26. The van der Waals surface area contributed by atoms with Crippen molar-refractivity contribution in [2.24, 2.45) is 0 Å². The van der Waals surface area contributed by atoms with Crippen LogP contribution >= 0.6 is 0 Å². The van der Waals surface area contributed by atoms with Gasteiger partial charge in [0.05, 0.1) is 18.6 Å². The molecule has 0 radical (unpaired) electrons. The maximum Gasteiger partial charge on any atom is 0.336 e. The number of anilines is 1. The first kappa shape index (κ1) is 15.6. The minimum atomic E-state index is -1.01. The van der Waals surface area contributed by atoms with E-state index in [-0.39, 0.29) is 24.5 Å². The zero-order chi connectivity index (χ0) is 15.9. The molecule has 0 unspecified atom stereocenters. The summed E-state index contributed by atoms with van der Waals surface area (Å²) in [5.41, 5.74) is 1.22. The molecule has 0 heterocycles. The van der Waals surface area contributed by atoms with Gasteiger partial charge >= 0.3 is 5.97 Å². The monoisotopic (exact) mass is 299 g/mol. The Morgan fingerprint density at radius 3 is 2.50 bits per heavy atom. The molecule has 22 heavy (non-hydrogen) atoms. The number of carbonyl (C=O) groups excluding carboxylic acids is 1. The highest BCUT2D eigenvalue weighted by molar-refractivity contribution is 5.96. The third-order valence-corrected chi connectivity index (χ3v) is 3.18. The zero-order valence-corrected chi connectivity index (χ0v) is 12.2. The fraction of sp³-hybridized carbons (Fsp3) is 0.176. The van der Waals surface area contributed by atoms with E-state index in [2.05, 4.69) is 5.32 Å². The molecule has 0 aliphatic heterocycles. The Morgan fingerprint density at radius 2 is 1.82 bits per heavy atom. The SMILES string of the molecule is Cc1c(NC(=O)CCOc2ccccc2)cccc1C(=O)O. The number of hydrogen-bond acceptors (Lipinski definition) is 3. The summed E-state index contributed by atoms with van der Waals surface area (Å²) in [6.45, 7) is 1.92. The van der Waals surface area contributed by atoms with Gasteiger partial charge in [0.15, 0.2) is 0 Å². The average molecular weight is 299 g/mol. The van der Waals surface area contributed by atoms with Crippen LogP contribution in [0.5, 0.6) is 5.75 Å². The van der Waals surface area contributed by atoms with Gasteiger partial charge in [0, 0.05) is 5.69 Å². The average Bonchev–Trinajstić information content (AvgIpc) is 2.50. The van der Waals surface area contributed by atoms with E-state index >= 15 is 0 Å². The predicted molar refractivity (Wildman–Crippen MR) is 83.3 cm³/mol. The van der Waals surface area contributed by atoms with Crippen LogP contribution in [0.15, 0.2) is 48.5 Å². The highest BCUT2D eigenvalue weighted by Crippen LogP contribution is 2.19. The van der Waals surface area contributed by atoms with Gasteiger partial charge in [0.2, 0.25) is 5.91 Å². The van der Waals surface area contributed by atoms with Crippen LogP contribution in [0.3, 0.4) is 0 Å². The third kappa shape index (κ3) is 4.09. The van der Waals surface area contributed by atoms with Crippen molar-refractivity contribution >= 4 is 17.6 Å². The van der Waals surface area contributed by atoms with Crippen molar-refractivity contribution in [2.45, 2.75) is 13.3 Å². The van der Waals surface area contributed by atoms with Crippen molar-refractivity contribution in [2.75, 3.05) is 11.9 Å². The largest absolute Gasteiger partial charge is 0.493 e. The fourth-order valence-corrected chi connectivity index (χ4v) is 1.99. The second-order valence-corrected chi connectivity index (χ2v) is 4.74. The maximum absolute atomic E-state index is 11.9. The first-order chi connectivity index (χ1) is 10.6. The summed E-state index contributed by atoms with van der Waals surface area (Å²) in [5, 5.41) is 11.8. The van der Waals surface area contributed by atoms with E-state index in [0.717, 1.165) is 0 Å². The molecule has 0 spiro atoms. The van der Waals surface area contributed by atoms with Crippen LogP contribution < -0.4 is 10.1 Å². The van der Waals surface area contributed by atoms with Crippen LogP contribution in [0, 0.1) is 6.92 Å². The van der Waals surface area contributed by atoms with E-state index < -0.39 is 5.97 Å². The van der Waals surface area contributed by atoms with Gasteiger partial charge in [-0.3, -0.25) is 4.79 Å². The molecule has 114 valence electrons. The lowest BCUT2D eigenvalue weighted by Crippen LogP contribution is -2.16. The third-order valence-electron chi connectivity index (χ3n) is 3.18. The number of aromatic carboxylic acids is 1. The molecule has 0 aromatic heterocycles. The molecule has 5 heteroatoms. The minimum absolute atomic E-state index is 0.179. The molecule has 0 saturated heterocycles. The predicted octanol–water partition coefficient (Wildman–Crippen LogP) is 3.10. The van der Waals surface area contributed by atoms with Gasteiger partial charge in [-0.1, -0.05) is 24.3 Å². The normalized spacial score (nSPS) is 10.0. The first-order valence-electron chi connectivity index (χ1n) is 6.88. The molecule has 0 fully saturated rings. The van der Waals surface area contributed by atoms with Crippen molar-refractivity contribution in [3.63, 3.8) is 0 Å². The van der Waals surface area contributed by atoms with Crippen molar-refractivity contribution in [1.82, 2.24) is 0 Å². The number of para-hydroxylation sites is 1. The molecule has 0 saturated carbocycles. The van der Waals surface area contributed by atoms with Crippen molar-refractivity contribution in [1.29, 1.82) is 0 Å². The summed E-state index contributed by atoms with van der Waals surface area (Å²) in [6, 6.07) is 14.0. The van der Waals surface area contributed by atoms with Gasteiger partial charge in [-0.2, -0.15) is 0 Å². The number of nitrogens with one attached hydrogen (secondary N) is 1. The summed E-state index contributed by atoms with van der Waals surface area (Å²) >= 11 is 0. The topological polar surface area (TPSA) is 75.6 Å². The lowest BCUT2D eigenvalue weighted by molar-refractivity contribution is -0.116. The van der Waals surface area contributed by atoms with E-state index in [9.17, 15) is 9.59 Å². The number of carboxylic acid groups (broad SMARTS) is 1. The zero-order valence-electron chi connectivity index (χ0n) is 12.2. The number of benzene rings is 2. The number of ether oxygens (including phenoxy) is 1. The van der Waals surface area contributed by atoms with Crippen LogP contribution in [-0.4, -0.2) is 23.6 Å². The second-order valence-electron chi connectivity index (χ2n) is 4.74. The Bertz CT molecular complexity index is 668. The van der Waals surface area contributed by atoms with Crippen LogP contribution in [0.2, 0.25) is 0 Å². The van der Waals surface area contributed by atoms with E-state index in [1.54, 1.807) is 19.1 Å². The highest BCUT2D eigenvalue weighted by Gasteiger charge is 2.11. The van der Waals surface area contributed by atoms with Gasteiger partial charge < -0.3 is 15.2 Å². The summed E-state index contributed by atoms with van der Waals surface area (Å²) in [6.07, 6.45) is 0.186. The summed E-state index contributed by atoms with van der Waals surface area (Å²) < 4.78 is 5.45. The quantitative estimate of drug-likeness (QED) is 0.859. The number of carbonyl (C=O) groups is 2. The van der Waals surface area contributed by atoms with E-state index in [4.69, 9.17) is 9.84 Å². The molecule has 2 N–H and O–H groups in total. The Kier molecular flexibility index (Phi) is 5.14. The Morgan fingerprint density at radius 1 is 1.09 bits per heavy atom. The Hall–Kier alpha value is -2.82. The van der Waals surface area contributed by atoms with Crippen LogP contribution in [0.4, 0.5) is 5.69 Å². The minimum Gasteiger partial charge on any atom is -0.493 e. The molecule has 5 nitrogen and oxygen atoms in total. The van der Waals surface area contributed by atoms with Gasteiger partial charge in [-0.05, 0) is 36.8 Å². The van der Waals surface area contributed by atoms with Gasteiger partial charge in [-0.15, -0.1) is 0 Å². The van der Waals surface area contributed by atoms with Crippen molar-refractivity contribution < 1.29 is 19.4 Å². The van der Waals surface area contributed by atoms with E-state index in [0.29, 0.717) is 17.0 Å². The van der Waals surface area contributed by atoms with Gasteiger partial charge in [0.1, 0.15) is 5.75 Å². The lowest BCUT2D eigenvalue weighted by atomic mass is 10.1. The Labute approximate surface area is 128 Å². The molecule has 2 aromatic rings. The number of carboxylic acids is 1. The molecular weight excluding hydrogens is 282 g/mol. The Balaban J connectivity index is 1.90. The number of rotatable bonds is 6. The van der Waals surface area contributed by atoms with Gasteiger partial charge in [-0.25, -0.2) is 4.79 Å². The van der Waals surface area contributed by atoms with Crippen LogP contribution in [0.1, 0.15) is 22.3 Å². The highest BCUT2D eigenvalue weighted by atomic mass is 16.5. The molecular formula is C17H17NO4. The molecule has 2 aromatic carbocycles. The summed E-state index contributed by atoms with van der Waals surface area (Å²) in [7, 11) is 0. The summed E-state index contributed by atoms with van der Waals surface area (Å²) in [4.78, 5) is 23.0. The van der Waals surface area contributed by atoms with Crippen LogP contribution in [-0.2, 0) is 4.79 Å². The van der Waals surface area contributed by atoms with E-state index in [1.165, 1.54) is 6.07 Å². The van der Waals surface area contributed by atoms with Gasteiger partial charge in [0.25, 0.3) is 0 Å². The number of amides is 1. The summed E-state index contributed by atoms with van der Waals surface area (Å²) in [5.74, 6) is -0.526. The fourth-order valence-electron chi connectivity index (χ4n) is 1.99. The number of hydrogen-bond donors (Lipinski definition) is 2. The van der Waals surface area contributed by atoms with Crippen molar-refractivity contribution in [3.05, 3.63) is 59.7 Å². The molecule has 0 bridgehead atoms. The maximum atomic E-state index is 11.9.